The summed E-state index contributed by atoms with van der Waals surface area (Å²) in [4.78, 5) is 28.1. The van der Waals surface area contributed by atoms with Crippen molar-refractivity contribution in [3.63, 3.8) is 0 Å². The monoisotopic (exact) mass is 378 g/mol. The molecule has 2 aliphatic heterocycles. The normalized spacial score (nSPS) is 20.1. The van der Waals surface area contributed by atoms with Gasteiger partial charge in [-0.3, -0.25) is 4.79 Å². The van der Waals surface area contributed by atoms with Gasteiger partial charge in [0.1, 0.15) is 5.60 Å². The van der Waals surface area contributed by atoms with Crippen LogP contribution in [0.15, 0.2) is 12.1 Å². The molecule has 142 valence electrons. The van der Waals surface area contributed by atoms with E-state index in [0.717, 1.165) is 30.4 Å². The van der Waals surface area contributed by atoms with E-state index in [4.69, 9.17) is 16.3 Å². The van der Waals surface area contributed by atoms with Gasteiger partial charge in [0, 0.05) is 31.6 Å². The third-order valence-corrected chi connectivity index (χ3v) is 5.24. The van der Waals surface area contributed by atoms with Gasteiger partial charge in [-0.05, 0) is 68.9 Å². The third kappa shape index (κ3) is 3.98. The fourth-order valence-electron chi connectivity index (χ4n) is 3.89. The molecule has 0 bridgehead atoms. The van der Waals surface area contributed by atoms with Crippen LogP contribution in [0.1, 0.15) is 63.3 Å². The Balaban J connectivity index is 1.91. The highest BCUT2D eigenvalue weighted by Gasteiger charge is 2.35. The van der Waals surface area contributed by atoms with Gasteiger partial charge >= 0.3 is 6.09 Å². The van der Waals surface area contributed by atoms with Gasteiger partial charge in [-0.15, -0.1) is 0 Å². The first kappa shape index (κ1) is 19.0. The zero-order chi connectivity index (χ0) is 19.1. The van der Waals surface area contributed by atoms with Crippen LogP contribution in [0.25, 0.3) is 0 Å². The lowest BCUT2D eigenvalue weighted by Gasteiger charge is -2.33. The van der Waals surface area contributed by atoms with E-state index in [1.54, 1.807) is 6.92 Å². The second-order valence-corrected chi connectivity index (χ2v) is 8.59. The van der Waals surface area contributed by atoms with Crippen molar-refractivity contribution in [1.82, 2.24) is 9.80 Å². The molecule has 0 aromatic heterocycles. The van der Waals surface area contributed by atoms with Crippen molar-refractivity contribution in [2.45, 2.75) is 65.1 Å². The summed E-state index contributed by atoms with van der Waals surface area (Å²) in [5, 5.41) is 0.653. The number of fused-ring (bicyclic) bond motifs is 1. The molecule has 0 saturated carbocycles. The first-order valence-electron chi connectivity index (χ1n) is 9.22. The first-order chi connectivity index (χ1) is 12.2. The van der Waals surface area contributed by atoms with E-state index >= 15 is 0 Å². The fourth-order valence-corrected chi connectivity index (χ4v) is 4.14. The van der Waals surface area contributed by atoms with Gasteiger partial charge in [-0.2, -0.15) is 0 Å². The van der Waals surface area contributed by atoms with Crippen molar-refractivity contribution < 1.29 is 14.3 Å². The highest BCUT2D eigenvalue weighted by Crippen LogP contribution is 2.39. The van der Waals surface area contributed by atoms with Crippen LogP contribution in [0.5, 0.6) is 0 Å². The highest BCUT2D eigenvalue weighted by molar-refractivity contribution is 6.30. The van der Waals surface area contributed by atoms with Crippen molar-refractivity contribution >= 4 is 23.6 Å². The van der Waals surface area contributed by atoms with E-state index in [9.17, 15) is 9.59 Å². The average molecular weight is 379 g/mol. The van der Waals surface area contributed by atoms with Gasteiger partial charge < -0.3 is 14.5 Å². The minimum absolute atomic E-state index is 0.0128. The first-order valence-corrected chi connectivity index (χ1v) is 9.60. The fraction of sp³-hybridized carbons (Fsp3) is 0.600. The van der Waals surface area contributed by atoms with Crippen molar-refractivity contribution in [2.75, 3.05) is 13.1 Å². The van der Waals surface area contributed by atoms with Crippen LogP contribution in [0, 0.1) is 0 Å². The van der Waals surface area contributed by atoms with Crippen LogP contribution in [-0.2, 0) is 22.5 Å². The molecule has 0 radical (unpaired) electrons. The maximum atomic E-state index is 12.7. The van der Waals surface area contributed by atoms with E-state index in [2.05, 4.69) is 0 Å². The van der Waals surface area contributed by atoms with Crippen LogP contribution >= 0.6 is 11.6 Å². The standard InChI is InChI=1S/C20H27ClN2O3/c1-13(24)22-9-7-16-14(12-22)10-15(21)11-17(16)18-6-5-8-23(18)19(25)26-20(2,3)4/h10-11,18H,5-9,12H2,1-4H3. The van der Waals surface area contributed by atoms with Crippen molar-refractivity contribution in [2.24, 2.45) is 0 Å². The number of carbonyl (C=O) groups is 2. The summed E-state index contributed by atoms with van der Waals surface area (Å²) in [6, 6.07) is 3.92. The van der Waals surface area contributed by atoms with E-state index in [0.29, 0.717) is 24.7 Å². The Morgan fingerprint density at radius 3 is 2.62 bits per heavy atom. The Labute approximate surface area is 160 Å². The highest BCUT2D eigenvalue weighted by atomic mass is 35.5. The molecule has 26 heavy (non-hydrogen) atoms. The van der Waals surface area contributed by atoms with Crippen LogP contribution in [0.4, 0.5) is 4.79 Å². The minimum Gasteiger partial charge on any atom is -0.444 e. The molecule has 1 saturated heterocycles. The van der Waals surface area contributed by atoms with E-state index < -0.39 is 5.60 Å². The molecular weight excluding hydrogens is 352 g/mol. The topological polar surface area (TPSA) is 49.9 Å². The van der Waals surface area contributed by atoms with Crippen molar-refractivity contribution in [3.05, 3.63) is 33.8 Å². The molecule has 6 heteroatoms. The number of ether oxygens (including phenoxy) is 1. The second kappa shape index (κ2) is 7.10. The minimum atomic E-state index is -0.514. The molecule has 1 atom stereocenters. The quantitative estimate of drug-likeness (QED) is 0.731. The number of hydrogen-bond donors (Lipinski definition) is 0. The van der Waals surface area contributed by atoms with Gasteiger partial charge in [0.05, 0.1) is 6.04 Å². The largest absolute Gasteiger partial charge is 0.444 e. The molecule has 5 nitrogen and oxygen atoms in total. The smallest absolute Gasteiger partial charge is 0.410 e. The van der Waals surface area contributed by atoms with Crippen LogP contribution in [0.3, 0.4) is 0 Å². The van der Waals surface area contributed by atoms with Crippen molar-refractivity contribution in [1.29, 1.82) is 0 Å². The number of hydrogen-bond acceptors (Lipinski definition) is 3. The molecule has 0 spiro atoms. The molecule has 1 aromatic rings. The molecule has 3 rings (SSSR count). The third-order valence-electron chi connectivity index (χ3n) is 5.02. The maximum absolute atomic E-state index is 12.7. The lowest BCUT2D eigenvalue weighted by atomic mass is 9.90. The molecule has 0 N–H and O–H groups in total. The summed E-state index contributed by atoms with van der Waals surface area (Å²) in [6.45, 7) is 9.22. The SMILES string of the molecule is CC(=O)N1CCc2c(cc(Cl)cc2C2CCCN2C(=O)OC(C)(C)C)C1. The zero-order valence-electron chi connectivity index (χ0n) is 16.0. The molecule has 2 amide bonds. The Hall–Kier alpha value is -1.75. The number of carbonyl (C=O) groups excluding carboxylic acids is 2. The Kier molecular flexibility index (Phi) is 5.20. The molecule has 1 fully saturated rings. The van der Waals surface area contributed by atoms with Gasteiger partial charge in [0.2, 0.25) is 5.91 Å². The summed E-state index contributed by atoms with van der Waals surface area (Å²) in [5.74, 6) is 0.0772. The van der Waals surface area contributed by atoms with Crippen molar-refractivity contribution in [3.8, 4) is 0 Å². The van der Waals surface area contributed by atoms with Gasteiger partial charge in [0.15, 0.2) is 0 Å². The zero-order valence-corrected chi connectivity index (χ0v) is 16.7. The molecule has 1 aromatic carbocycles. The number of nitrogens with zero attached hydrogens (tertiary/aromatic N) is 2. The van der Waals surface area contributed by atoms with E-state index in [1.807, 2.05) is 42.7 Å². The summed E-state index contributed by atoms with van der Waals surface area (Å²) in [7, 11) is 0. The summed E-state index contributed by atoms with van der Waals surface area (Å²) in [5.41, 5.74) is 2.91. The van der Waals surface area contributed by atoms with Crippen LogP contribution < -0.4 is 0 Å². The van der Waals surface area contributed by atoms with E-state index in [-0.39, 0.29) is 18.0 Å². The number of amides is 2. The van der Waals surface area contributed by atoms with Crippen LogP contribution in [0.2, 0.25) is 5.02 Å². The van der Waals surface area contributed by atoms with Gasteiger partial charge in [0.25, 0.3) is 0 Å². The molecule has 2 heterocycles. The lowest BCUT2D eigenvalue weighted by molar-refractivity contribution is -0.129. The summed E-state index contributed by atoms with van der Waals surface area (Å²) in [6.07, 6.45) is 2.38. The second-order valence-electron chi connectivity index (χ2n) is 8.16. The number of benzene rings is 1. The molecule has 0 aliphatic carbocycles. The Morgan fingerprint density at radius 1 is 1.23 bits per heavy atom. The Bertz CT molecular complexity index is 727. The van der Waals surface area contributed by atoms with Crippen LogP contribution in [-0.4, -0.2) is 40.5 Å². The number of rotatable bonds is 1. The lowest BCUT2D eigenvalue weighted by Crippen LogP contribution is -2.38. The number of likely N-dealkylation sites (tertiary alicyclic amines) is 1. The molecule has 2 aliphatic rings. The molecule has 1 unspecified atom stereocenters. The Morgan fingerprint density at radius 2 is 1.96 bits per heavy atom. The van der Waals surface area contributed by atoms with E-state index in [1.165, 1.54) is 5.56 Å². The average Bonchev–Trinajstić information content (AvgIpc) is 3.01. The predicted molar refractivity (Wildman–Crippen MR) is 101 cm³/mol. The maximum Gasteiger partial charge on any atom is 0.410 e. The molecular formula is C20H27ClN2O3. The number of halogens is 1. The van der Waals surface area contributed by atoms with Gasteiger partial charge in [-0.1, -0.05) is 11.6 Å². The summed E-state index contributed by atoms with van der Waals surface area (Å²) >= 11 is 6.38. The van der Waals surface area contributed by atoms with Gasteiger partial charge in [-0.25, -0.2) is 4.79 Å². The predicted octanol–water partition coefficient (Wildman–Crippen LogP) is 4.32. The summed E-state index contributed by atoms with van der Waals surface area (Å²) < 4.78 is 5.60.